The van der Waals surface area contributed by atoms with Crippen LogP contribution in [0.2, 0.25) is 0 Å². The van der Waals surface area contributed by atoms with Crippen molar-refractivity contribution >= 4 is 5.97 Å². The number of nitrogens with zero attached hydrogens (tertiary/aromatic N) is 2. The van der Waals surface area contributed by atoms with Gasteiger partial charge in [0.05, 0.1) is 12.5 Å². The number of fused-ring (bicyclic) bond motifs is 2. The Bertz CT molecular complexity index is 459. The quantitative estimate of drug-likeness (QED) is 0.828. The van der Waals surface area contributed by atoms with E-state index in [0.29, 0.717) is 30.1 Å². The summed E-state index contributed by atoms with van der Waals surface area (Å²) >= 11 is 0. The molecule has 98 valence electrons. The Balaban J connectivity index is 1.66. The van der Waals surface area contributed by atoms with E-state index in [2.05, 4.69) is 15.5 Å². The van der Waals surface area contributed by atoms with Gasteiger partial charge in [-0.3, -0.25) is 4.79 Å². The van der Waals surface area contributed by atoms with E-state index in [9.17, 15) is 9.90 Å². The number of carbonyl (C=O) groups is 1. The second-order valence-electron chi connectivity index (χ2n) is 5.33. The summed E-state index contributed by atoms with van der Waals surface area (Å²) in [4.78, 5) is 15.4. The van der Waals surface area contributed by atoms with Crippen molar-refractivity contribution in [3.05, 3.63) is 11.7 Å². The predicted molar refractivity (Wildman–Crippen MR) is 61.6 cm³/mol. The van der Waals surface area contributed by atoms with Crippen molar-refractivity contribution in [2.24, 2.45) is 17.8 Å². The molecule has 18 heavy (non-hydrogen) atoms. The summed E-state index contributed by atoms with van der Waals surface area (Å²) in [7, 11) is 0. The molecule has 1 aromatic rings. The molecule has 3 rings (SSSR count). The standard InChI is InChI=1S/C12H17N3O3/c1-6-14-9(15-18-6)5-13-11-8-3-2-7(4-8)10(11)12(16)17/h7-8,10-11,13H,2-5H2,1H3,(H,16,17). The Labute approximate surface area is 105 Å². The molecule has 2 aliphatic carbocycles. The number of aliphatic carboxylic acids is 1. The van der Waals surface area contributed by atoms with Gasteiger partial charge in [-0.15, -0.1) is 0 Å². The fourth-order valence-corrected chi connectivity index (χ4v) is 3.56. The smallest absolute Gasteiger partial charge is 0.308 e. The van der Waals surface area contributed by atoms with E-state index in [1.54, 1.807) is 6.92 Å². The fourth-order valence-electron chi connectivity index (χ4n) is 3.56. The lowest BCUT2D eigenvalue weighted by Gasteiger charge is -2.28. The van der Waals surface area contributed by atoms with Crippen LogP contribution < -0.4 is 5.32 Å². The molecule has 2 saturated carbocycles. The van der Waals surface area contributed by atoms with Crippen LogP contribution in [0.1, 0.15) is 31.0 Å². The van der Waals surface area contributed by atoms with Crippen molar-refractivity contribution in [1.82, 2.24) is 15.5 Å². The number of nitrogens with one attached hydrogen (secondary N) is 1. The highest BCUT2D eigenvalue weighted by atomic mass is 16.5. The third kappa shape index (κ3) is 1.90. The normalized spacial score (nSPS) is 34.1. The molecule has 1 heterocycles. The third-order valence-corrected chi connectivity index (χ3v) is 4.27. The van der Waals surface area contributed by atoms with Gasteiger partial charge in [0.1, 0.15) is 0 Å². The number of hydrogen-bond acceptors (Lipinski definition) is 5. The fraction of sp³-hybridized carbons (Fsp3) is 0.750. The van der Waals surface area contributed by atoms with Crippen molar-refractivity contribution in [3.63, 3.8) is 0 Å². The second kappa shape index (κ2) is 4.35. The van der Waals surface area contributed by atoms with E-state index in [1.165, 1.54) is 0 Å². The van der Waals surface area contributed by atoms with E-state index < -0.39 is 5.97 Å². The van der Waals surface area contributed by atoms with Crippen LogP contribution in [0.15, 0.2) is 4.52 Å². The molecule has 1 aromatic heterocycles. The van der Waals surface area contributed by atoms with Gasteiger partial charge in [-0.1, -0.05) is 5.16 Å². The molecule has 0 radical (unpaired) electrons. The number of aryl methyl sites for hydroxylation is 1. The lowest BCUT2D eigenvalue weighted by molar-refractivity contribution is -0.144. The molecule has 2 N–H and O–H groups in total. The van der Waals surface area contributed by atoms with E-state index in [0.717, 1.165) is 19.3 Å². The number of carboxylic acids is 1. The predicted octanol–water partition coefficient (Wildman–Crippen LogP) is 0.967. The van der Waals surface area contributed by atoms with Crippen LogP contribution in [-0.4, -0.2) is 27.3 Å². The lowest BCUT2D eigenvalue weighted by atomic mass is 9.84. The summed E-state index contributed by atoms with van der Waals surface area (Å²) in [5.74, 6) is 1.04. The molecule has 6 heteroatoms. The zero-order valence-electron chi connectivity index (χ0n) is 10.3. The topological polar surface area (TPSA) is 88.2 Å². The molecular weight excluding hydrogens is 234 g/mol. The van der Waals surface area contributed by atoms with Gasteiger partial charge in [0.2, 0.25) is 5.89 Å². The summed E-state index contributed by atoms with van der Waals surface area (Å²) in [6.45, 7) is 2.23. The van der Waals surface area contributed by atoms with Gasteiger partial charge in [0, 0.05) is 13.0 Å². The summed E-state index contributed by atoms with van der Waals surface area (Å²) in [5, 5.41) is 16.4. The van der Waals surface area contributed by atoms with Crippen molar-refractivity contribution in [1.29, 1.82) is 0 Å². The number of hydrogen-bond donors (Lipinski definition) is 2. The maximum Gasteiger partial charge on any atom is 0.308 e. The van der Waals surface area contributed by atoms with Crippen molar-refractivity contribution in [2.45, 2.75) is 38.8 Å². The van der Waals surface area contributed by atoms with E-state index in [1.807, 2.05) is 0 Å². The molecule has 2 aliphatic rings. The Hall–Kier alpha value is -1.43. The Morgan fingerprint density at radius 3 is 2.94 bits per heavy atom. The van der Waals surface area contributed by atoms with Crippen LogP contribution in [0.3, 0.4) is 0 Å². The van der Waals surface area contributed by atoms with Gasteiger partial charge in [0.15, 0.2) is 5.82 Å². The highest BCUT2D eigenvalue weighted by Gasteiger charge is 2.50. The number of carboxylic acid groups (broad SMARTS) is 1. The highest BCUT2D eigenvalue weighted by molar-refractivity contribution is 5.72. The summed E-state index contributed by atoms with van der Waals surface area (Å²) < 4.78 is 4.90. The second-order valence-corrected chi connectivity index (χ2v) is 5.33. The van der Waals surface area contributed by atoms with Crippen LogP contribution in [0.25, 0.3) is 0 Å². The minimum absolute atomic E-state index is 0.0556. The van der Waals surface area contributed by atoms with E-state index >= 15 is 0 Å². The SMILES string of the molecule is Cc1nc(CNC2C3CCC(C3)C2C(=O)O)no1. The van der Waals surface area contributed by atoms with Crippen LogP contribution in [0.5, 0.6) is 0 Å². The maximum atomic E-state index is 11.3. The lowest BCUT2D eigenvalue weighted by Crippen LogP contribution is -2.44. The van der Waals surface area contributed by atoms with Gasteiger partial charge < -0.3 is 14.9 Å². The zero-order chi connectivity index (χ0) is 12.7. The van der Waals surface area contributed by atoms with Crippen LogP contribution >= 0.6 is 0 Å². The van der Waals surface area contributed by atoms with Crippen molar-refractivity contribution < 1.29 is 14.4 Å². The summed E-state index contributed by atoms with van der Waals surface area (Å²) in [5.41, 5.74) is 0. The average molecular weight is 251 g/mol. The first-order valence-electron chi connectivity index (χ1n) is 6.40. The number of rotatable bonds is 4. The van der Waals surface area contributed by atoms with Crippen LogP contribution in [-0.2, 0) is 11.3 Å². The Morgan fingerprint density at radius 1 is 1.50 bits per heavy atom. The van der Waals surface area contributed by atoms with Gasteiger partial charge in [-0.2, -0.15) is 4.98 Å². The molecule has 2 fully saturated rings. The average Bonchev–Trinajstić information content (AvgIpc) is 3.00. The Morgan fingerprint density at radius 2 is 2.28 bits per heavy atom. The van der Waals surface area contributed by atoms with Gasteiger partial charge >= 0.3 is 5.97 Å². The zero-order valence-corrected chi connectivity index (χ0v) is 10.3. The summed E-state index contributed by atoms with van der Waals surface area (Å²) in [6.07, 6.45) is 3.23. The molecule has 2 bridgehead atoms. The summed E-state index contributed by atoms with van der Waals surface area (Å²) in [6, 6.07) is 0.0556. The molecule has 0 aliphatic heterocycles. The third-order valence-electron chi connectivity index (χ3n) is 4.27. The molecule has 4 atom stereocenters. The van der Waals surface area contributed by atoms with Crippen LogP contribution in [0, 0.1) is 24.7 Å². The first kappa shape index (κ1) is 11.6. The van der Waals surface area contributed by atoms with E-state index in [-0.39, 0.29) is 12.0 Å². The number of aromatic nitrogens is 2. The van der Waals surface area contributed by atoms with E-state index in [4.69, 9.17) is 4.52 Å². The monoisotopic (exact) mass is 251 g/mol. The molecule has 6 nitrogen and oxygen atoms in total. The molecule has 4 unspecified atom stereocenters. The van der Waals surface area contributed by atoms with Gasteiger partial charge in [-0.05, 0) is 31.1 Å². The molecular formula is C12H17N3O3. The van der Waals surface area contributed by atoms with Crippen molar-refractivity contribution in [2.75, 3.05) is 0 Å². The largest absolute Gasteiger partial charge is 0.481 e. The molecule has 0 saturated heterocycles. The van der Waals surface area contributed by atoms with Crippen LogP contribution in [0.4, 0.5) is 0 Å². The molecule has 0 spiro atoms. The highest BCUT2D eigenvalue weighted by Crippen LogP contribution is 2.48. The maximum absolute atomic E-state index is 11.3. The van der Waals surface area contributed by atoms with Gasteiger partial charge in [-0.25, -0.2) is 0 Å². The first-order chi connectivity index (χ1) is 8.65. The van der Waals surface area contributed by atoms with Crippen molar-refractivity contribution in [3.8, 4) is 0 Å². The molecule has 0 amide bonds. The first-order valence-corrected chi connectivity index (χ1v) is 6.40. The van der Waals surface area contributed by atoms with Gasteiger partial charge in [0.25, 0.3) is 0 Å². The Kier molecular flexibility index (Phi) is 2.81. The minimum Gasteiger partial charge on any atom is -0.481 e. The minimum atomic E-state index is -0.677. The molecule has 0 aromatic carbocycles.